The number of nitro groups is 1. The van der Waals surface area contributed by atoms with Crippen LogP contribution in [0.4, 0.5) is 5.69 Å². The van der Waals surface area contributed by atoms with Crippen molar-refractivity contribution in [2.75, 3.05) is 0 Å². The third-order valence-electron chi connectivity index (χ3n) is 2.01. The van der Waals surface area contributed by atoms with Crippen molar-refractivity contribution in [3.05, 3.63) is 39.4 Å². The summed E-state index contributed by atoms with van der Waals surface area (Å²) < 4.78 is 0. The van der Waals surface area contributed by atoms with Crippen molar-refractivity contribution in [2.24, 2.45) is 0 Å². The zero-order valence-electron chi connectivity index (χ0n) is 7.90. The molecule has 0 atom stereocenters. The number of rotatable bonds is 4. The lowest BCUT2D eigenvalue weighted by Crippen LogP contribution is -1.99. The summed E-state index contributed by atoms with van der Waals surface area (Å²) in [6.07, 6.45) is 2.01. The van der Waals surface area contributed by atoms with Crippen LogP contribution < -0.4 is 0 Å². The van der Waals surface area contributed by atoms with Crippen molar-refractivity contribution in [1.29, 1.82) is 0 Å². The highest BCUT2D eigenvalue weighted by atomic mass is 16.6. The van der Waals surface area contributed by atoms with Gasteiger partial charge in [0.25, 0.3) is 5.69 Å². The van der Waals surface area contributed by atoms with Gasteiger partial charge in [0.15, 0.2) is 6.29 Å². The van der Waals surface area contributed by atoms with Crippen LogP contribution in [-0.2, 0) is 6.42 Å². The van der Waals surface area contributed by atoms with Gasteiger partial charge in [-0.25, -0.2) is 0 Å². The van der Waals surface area contributed by atoms with Gasteiger partial charge in [0.1, 0.15) is 0 Å². The summed E-state index contributed by atoms with van der Waals surface area (Å²) in [7, 11) is 0. The molecule has 1 aromatic rings. The Morgan fingerprint density at radius 3 is 2.71 bits per heavy atom. The van der Waals surface area contributed by atoms with E-state index in [2.05, 4.69) is 0 Å². The monoisotopic (exact) mass is 193 g/mol. The zero-order valence-corrected chi connectivity index (χ0v) is 7.90. The maximum atomic E-state index is 10.7. The van der Waals surface area contributed by atoms with E-state index in [9.17, 15) is 14.9 Å². The Balaban J connectivity index is 3.27. The molecular weight excluding hydrogens is 182 g/mol. The summed E-state index contributed by atoms with van der Waals surface area (Å²) in [5.74, 6) is 0. The first-order valence-corrected chi connectivity index (χ1v) is 4.42. The van der Waals surface area contributed by atoms with E-state index in [1.54, 1.807) is 6.07 Å². The van der Waals surface area contributed by atoms with Crippen molar-refractivity contribution in [2.45, 2.75) is 19.8 Å². The van der Waals surface area contributed by atoms with Crippen LogP contribution in [0.5, 0.6) is 0 Å². The lowest BCUT2D eigenvalue weighted by molar-refractivity contribution is -0.385. The Morgan fingerprint density at radius 1 is 1.50 bits per heavy atom. The van der Waals surface area contributed by atoms with Crippen LogP contribution >= 0.6 is 0 Å². The van der Waals surface area contributed by atoms with Crippen LogP contribution in [0.25, 0.3) is 0 Å². The number of nitro benzene ring substituents is 1. The topological polar surface area (TPSA) is 60.2 Å². The van der Waals surface area contributed by atoms with Gasteiger partial charge in [-0.2, -0.15) is 0 Å². The van der Waals surface area contributed by atoms with Gasteiger partial charge in [-0.1, -0.05) is 25.5 Å². The highest BCUT2D eigenvalue weighted by Crippen LogP contribution is 2.22. The van der Waals surface area contributed by atoms with Crippen molar-refractivity contribution < 1.29 is 9.72 Å². The van der Waals surface area contributed by atoms with E-state index in [1.807, 2.05) is 6.92 Å². The Bertz CT molecular complexity index is 360. The van der Waals surface area contributed by atoms with Crippen molar-refractivity contribution >= 4 is 12.0 Å². The van der Waals surface area contributed by atoms with Gasteiger partial charge in [-0.05, 0) is 6.42 Å². The highest BCUT2D eigenvalue weighted by molar-refractivity contribution is 5.79. The fourth-order valence-corrected chi connectivity index (χ4v) is 1.40. The van der Waals surface area contributed by atoms with Crippen LogP contribution in [0.1, 0.15) is 29.3 Å². The van der Waals surface area contributed by atoms with Crippen LogP contribution in [0.15, 0.2) is 18.2 Å². The van der Waals surface area contributed by atoms with Crippen molar-refractivity contribution in [1.82, 2.24) is 0 Å². The van der Waals surface area contributed by atoms with E-state index < -0.39 is 4.92 Å². The van der Waals surface area contributed by atoms with E-state index in [4.69, 9.17) is 0 Å². The van der Waals surface area contributed by atoms with Gasteiger partial charge in [-0.15, -0.1) is 0 Å². The second-order valence-corrected chi connectivity index (χ2v) is 2.97. The minimum atomic E-state index is -0.446. The molecule has 0 aromatic heterocycles. The maximum absolute atomic E-state index is 10.7. The van der Waals surface area contributed by atoms with E-state index >= 15 is 0 Å². The van der Waals surface area contributed by atoms with Gasteiger partial charge < -0.3 is 0 Å². The average Bonchev–Trinajstić information content (AvgIpc) is 2.18. The van der Waals surface area contributed by atoms with E-state index in [0.717, 1.165) is 6.42 Å². The standard InChI is InChI=1S/C10H11NO3/c1-2-4-9-8(7-12)5-3-6-10(9)11(13)14/h3,5-7H,2,4H2,1H3. The summed E-state index contributed by atoms with van der Waals surface area (Å²) in [5, 5.41) is 10.7. The molecule has 0 bridgehead atoms. The van der Waals surface area contributed by atoms with Crippen LogP contribution in [0.3, 0.4) is 0 Å². The van der Waals surface area contributed by atoms with E-state index in [1.165, 1.54) is 12.1 Å². The molecule has 4 heteroatoms. The predicted octanol–water partition coefficient (Wildman–Crippen LogP) is 2.36. The van der Waals surface area contributed by atoms with Gasteiger partial charge in [0.05, 0.1) is 4.92 Å². The van der Waals surface area contributed by atoms with Crippen LogP contribution in [-0.4, -0.2) is 11.2 Å². The summed E-state index contributed by atoms with van der Waals surface area (Å²) in [5.41, 5.74) is 0.993. The number of nitrogens with zero attached hydrogens (tertiary/aromatic N) is 1. The molecule has 0 amide bonds. The summed E-state index contributed by atoms with van der Waals surface area (Å²) >= 11 is 0. The Labute approximate surface area is 81.7 Å². The molecule has 0 radical (unpaired) electrons. The number of aldehydes is 1. The molecule has 0 aliphatic carbocycles. The lowest BCUT2D eigenvalue weighted by atomic mass is 10.0. The second kappa shape index (κ2) is 4.50. The third-order valence-corrected chi connectivity index (χ3v) is 2.01. The summed E-state index contributed by atoms with van der Waals surface area (Å²) in [4.78, 5) is 20.9. The van der Waals surface area contributed by atoms with Gasteiger partial charge in [0, 0.05) is 17.2 Å². The Morgan fingerprint density at radius 2 is 2.21 bits per heavy atom. The molecule has 0 N–H and O–H groups in total. The molecule has 0 saturated heterocycles. The van der Waals surface area contributed by atoms with Gasteiger partial charge in [-0.3, -0.25) is 14.9 Å². The molecule has 0 fully saturated rings. The quantitative estimate of drug-likeness (QED) is 0.419. The Kier molecular flexibility index (Phi) is 3.34. The Hall–Kier alpha value is -1.71. The van der Waals surface area contributed by atoms with Crippen molar-refractivity contribution in [3.63, 3.8) is 0 Å². The highest BCUT2D eigenvalue weighted by Gasteiger charge is 2.15. The number of hydrogen-bond donors (Lipinski definition) is 0. The van der Waals surface area contributed by atoms with Crippen LogP contribution in [0.2, 0.25) is 0 Å². The molecular formula is C10H11NO3. The predicted molar refractivity (Wildman–Crippen MR) is 52.5 cm³/mol. The van der Waals surface area contributed by atoms with Crippen LogP contribution in [0, 0.1) is 10.1 Å². The summed E-state index contributed by atoms with van der Waals surface area (Å²) in [6, 6.07) is 4.56. The van der Waals surface area contributed by atoms with Crippen molar-refractivity contribution in [3.8, 4) is 0 Å². The SMILES string of the molecule is CCCc1c(C=O)cccc1[N+](=O)[O-]. The minimum absolute atomic E-state index is 0.0384. The molecule has 1 rings (SSSR count). The molecule has 14 heavy (non-hydrogen) atoms. The number of benzene rings is 1. The fraction of sp³-hybridized carbons (Fsp3) is 0.300. The second-order valence-electron chi connectivity index (χ2n) is 2.97. The molecule has 74 valence electrons. The molecule has 0 saturated carbocycles. The zero-order chi connectivity index (χ0) is 10.6. The number of hydrogen-bond acceptors (Lipinski definition) is 3. The molecule has 0 aliphatic rings. The molecule has 0 spiro atoms. The largest absolute Gasteiger partial charge is 0.298 e. The van der Waals surface area contributed by atoms with E-state index in [-0.39, 0.29) is 5.69 Å². The molecule has 0 aliphatic heterocycles. The fourth-order valence-electron chi connectivity index (χ4n) is 1.40. The van der Waals surface area contributed by atoms with E-state index in [0.29, 0.717) is 23.8 Å². The first-order chi connectivity index (χ1) is 6.70. The average molecular weight is 193 g/mol. The first-order valence-electron chi connectivity index (χ1n) is 4.42. The minimum Gasteiger partial charge on any atom is -0.298 e. The summed E-state index contributed by atoms with van der Waals surface area (Å²) in [6.45, 7) is 1.92. The number of carbonyl (C=O) groups is 1. The normalized spacial score (nSPS) is 9.79. The van der Waals surface area contributed by atoms with Gasteiger partial charge in [0.2, 0.25) is 0 Å². The molecule has 0 heterocycles. The third kappa shape index (κ3) is 1.96. The van der Waals surface area contributed by atoms with Gasteiger partial charge >= 0.3 is 0 Å². The maximum Gasteiger partial charge on any atom is 0.273 e. The number of carbonyl (C=O) groups excluding carboxylic acids is 1. The molecule has 1 aromatic carbocycles. The smallest absolute Gasteiger partial charge is 0.273 e. The molecule has 0 unspecified atom stereocenters. The first kappa shape index (κ1) is 10.4. The lowest BCUT2D eigenvalue weighted by Gasteiger charge is -2.03. The molecule has 4 nitrogen and oxygen atoms in total.